The Morgan fingerprint density at radius 1 is 1.73 bits per heavy atom. The summed E-state index contributed by atoms with van der Waals surface area (Å²) in [5.41, 5.74) is 5.51. The lowest BCUT2D eigenvalue weighted by Gasteiger charge is -2.11. The van der Waals surface area contributed by atoms with Gasteiger partial charge in [0.1, 0.15) is 0 Å². The van der Waals surface area contributed by atoms with Crippen molar-refractivity contribution in [2.75, 3.05) is 19.8 Å². The van der Waals surface area contributed by atoms with E-state index in [1.165, 1.54) is 6.42 Å². The molecule has 2 N–H and O–H groups in total. The molecule has 1 heterocycles. The van der Waals surface area contributed by atoms with E-state index < -0.39 is 0 Å². The Morgan fingerprint density at radius 3 is 3.09 bits per heavy atom. The monoisotopic (exact) mass is 159 g/mol. The molecule has 66 valence electrons. The molecule has 0 aromatic carbocycles. The first-order valence-electron chi connectivity index (χ1n) is 4.24. The molecular weight excluding hydrogens is 142 g/mol. The molecule has 0 aromatic heterocycles. The lowest BCUT2D eigenvalue weighted by atomic mass is 10.2. The Bertz CT molecular complexity index is 100. The van der Waals surface area contributed by atoms with Gasteiger partial charge in [0.2, 0.25) is 0 Å². The van der Waals surface area contributed by atoms with Crippen molar-refractivity contribution >= 4 is 0 Å². The Morgan fingerprint density at radius 2 is 2.55 bits per heavy atom. The van der Waals surface area contributed by atoms with Crippen LogP contribution in [0.3, 0.4) is 0 Å². The standard InChI is InChI=1S/C8H17NO2/c1-7(9)5-10-6-8-3-2-4-11-8/h7-8H,2-6,9H2,1H3/t7-,8-/m1/s1. The van der Waals surface area contributed by atoms with Crippen LogP contribution in [0.5, 0.6) is 0 Å². The molecule has 0 unspecified atom stereocenters. The highest BCUT2D eigenvalue weighted by molar-refractivity contribution is 4.63. The molecule has 0 spiro atoms. The molecule has 0 bridgehead atoms. The second kappa shape index (κ2) is 4.70. The van der Waals surface area contributed by atoms with Crippen LogP contribution in [-0.2, 0) is 9.47 Å². The second-order valence-electron chi connectivity index (χ2n) is 3.15. The van der Waals surface area contributed by atoms with Crippen LogP contribution in [0.1, 0.15) is 19.8 Å². The zero-order valence-electron chi connectivity index (χ0n) is 7.08. The van der Waals surface area contributed by atoms with Crippen LogP contribution in [0, 0.1) is 0 Å². The van der Waals surface area contributed by atoms with Crippen molar-refractivity contribution in [1.82, 2.24) is 0 Å². The molecule has 0 amide bonds. The van der Waals surface area contributed by atoms with E-state index in [9.17, 15) is 0 Å². The van der Waals surface area contributed by atoms with E-state index >= 15 is 0 Å². The molecule has 0 aromatic rings. The van der Waals surface area contributed by atoms with Crippen molar-refractivity contribution in [3.63, 3.8) is 0 Å². The summed E-state index contributed by atoms with van der Waals surface area (Å²) in [5.74, 6) is 0. The van der Waals surface area contributed by atoms with Crippen LogP contribution < -0.4 is 5.73 Å². The molecule has 1 aliphatic heterocycles. The maximum absolute atomic E-state index is 5.51. The lowest BCUT2D eigenvalue weighted by molar-refractivity contribution is 0.0142. The number of hydrogen-bond donors (Lipinski definition) is 1. The van der Waals surface area contributed by atoms with Crippen LogP contribution in [0.25, 0.3) is 0 Å². The summed E-state index contributed by atoms with van der Waals surface area (Å²) in [6.45, 7) is 4.18. The fourth-order valence-corrected chi connectivity index (χ4v) is 1.16. The Labute approximate surface area is 67.9 Å². The summed E-state index contributed by atoms with van der Waals surface area (Å²) < 4.78 is 10.7. The first kappa shape index (κ1) is 8.97. The van der Waals surface area contributed by atoms with Gasteiger partial charge in [-0.1, -0.05) is 0 Å². The molecule has 0 radical (unpaired) electrons. The van der Waals surface area contributed by atoms with Gasteiger partial charge in [-0.15, -0.1) is 0 Å². The Kier molecular flexibility index (Phi) is 3.83. The molecule has 3 heteroatoms. The minimum Gasteiger partial charge on any atom is -0.377 e. The van der Waals surface area contributed by atoms with Crippen molar-refractivity contribution in [2.45, 2.75) is 31.9 Å². The lowest BCUT2D eigenvalue weighted by Crippen LogP contribution is -2.25. The zero-order chi connectivity index (χ0) is 8.10. The molecule has 3 nitrogen and oxygen atoms in total. The predicted octanol–water partition coefficient (Wildman–Crippen LogP) is 0.529. The minimum atomic E-state index is 0.136. The molecule has 1 rings (SSSR count). The van der Waals surface area contributed by atoms with Gasteiger partial charge in [0.15, 0.2) is 0 Å². The molecule has 1 fully saturated rings. The summed E-state index contributed by atoms with van der Waals surface area (Å²) in [6, 6.07) is 0.136. The Balaban J connectivity index is 1.94. The third-order valence-corrected chi connectivity index (χ3v) is 1.71. The van der Waals surface area contributed by atoms with Gasteiger partial charge in [-0.25, -0.2) is 0 Å². The third-order valence-electron chi connectivity index (χ3n) is 1.71. The van der Waals surface area contributed by atoms with Crippen molar-refractivity contribution in [1.29, 1.82) is 0 Å². The maximum atomic E-state index is 5.51. The van der Waals surface area contributed by atoms with Crippen LogP contribution >= 0.6 is 0 Å². The number of hydrogen-bond acceptors (Lipinski definition) is 3. The number of ether oxygens (including phenoxy) is 2. The highest BCUT2D eigenvalue weighted by Crippen LogP contribution is 2.11. The van der Waals surface area contributed by atoms with Gasteiger partial charge in [0.05, 0.1) is 19.3 Å². The molecule has 2 atom stereocenters. The summed E-state index contributed by atoms with van der Waals surface area (Å²) in [5, 5.41) is 0. The van der Waals surface area contributed by atoms with E-state index in [0.717, 1.165) is 13.0 Å². The smallest absolute Gasteiger partial charge is 0.0809 e. The van der Waals surface area contributed by atoms with Gasteiger partial charge in [0, 0.05) is 12.6 Å². The average molecular weight is 159 g/mol. The van der Waals surface area contributed by atoms with Crippen LogP contribution in [-0.4, -0.2) is 32.0 Å². The van der Waals surface area contributed by atoms with E-state index in [0.29, 0.717) is 19.3 Å². The van der Waals surface area contributed by atoms with Gasteiger partial charge < -0.3 is 15.2 Å². The van der Waals surface area contributed by atoms with E-state index in [-0.39, 0.29) is 6.04 Å². The van der Waals surface area contributed by atoms with Gasteiger partial charge in [-0.05, 0) is 19.8 Å². The highest BCUT2D eigenvalue weighted by atomic mass is 16.5. The quantitative estimate of drug-likeness (QED) is 0.650. The Hall–Kier alpha value is -0.120. The second-order valence-corrected chi connectivity index (χ2v) is 3.15. The molecule has 0 aliphatic carbocycles. The molecule has 1 saturated heterocycles. The average Bonchev–Trinajstić information content (AvgIpc) is 2.39. The fraction of sp³-hybridized carbons (Fsp3) is 1.00. The number of nitrogens with two attached hydrogens (primary N) is 1. The van der Waals surface area contributed by atoms with Crippen LogP contribution in [0.15, 0.2) is 0 Å². The molecular formula is C8H17NO2. The van der Waals surface area contributed by atoms with E-state index in [1.54, 1.807) is 0 Å². The normalized spacial score (nSPS) is 27.3. The van der Waals surface area contributed by atoms with Crippen molar-refractivity contribution in [3.8, 4) is 0 Å². The molecule has 0 saturated carbocycles. The van der Waals surface area contributed by atoms with Gasteiger partial charge in [-0.3, -0.25) is 0 Å². The maximum Gasteiger partial charge on any atom is 0.0809 e. The first-order chi connectivity index (χ1) is 5.29. The number of rotatable bonds is 4. The summed E-state index contributed by atoms with van der Waals surface area (Å²) in [4.78, 5) is 0. The molecule has 11 heavy (non-hydrogen) atoms. The summed E-state index contributed by atoms with van der Waals surface area (Å²) in [6.07, 6.45) is 2.64. The fourth-order valence-electron chi connectivity index (χ4n) is 1.16. The van der Waals surface area contributed by atoms with Crippen molar-refractivity contribution in [2.24, 2.45) is 5.73 Å². The summed E-state index contributed by atoms with van der Waals surface area (Å²) in [7, 11) is 0. The van der Waals surface area contributed by atoms with Gasteiger partial charge >= 0.3 is 0 Å². The topological polar surface area (TPSA) is 44.5 Å². The zero-order valence-corrected chi connectivity index (χ0v) is 7.08. The minimum absolute atomic E-state index is 0.136. The largest absolute Gasteiger partial charge is 0.377 e. The predicted molar refractivity (Wildman–Crippen MR) is 43.4 cm³/mol. The summed E-state index contributed by atoms with van der Waals surface area (Å²) >= 11 is 0. The molecule has 1 aliphatic rings. The van der Waals surface area contributed by atoms with Gasteiger partial charge in [0.25, 0.3) is 0 Å². The van der Waals surface area contributed by atoms with Crippen LogP contribution in [0.2, 0.25) is 0 Å². The van der Waals surface area contributed by atoms with E-state index in [1.807, 2.05) is 6.92 Å². The van der Waals surface area contributed by atoms with Crippen molar-refractivity contribution in [3.05, 3.63) is 0 Å². The highest BCUT2D eigenvalue weighted by Gasteiger charge is 2.15. The van der Waals surface area contributed by atoms with Crippen molar-refractivity contribution < 1.29 is 9.47 Å². The van der Waals surface area contributed by atoms with E-state index in [4.69, 9.17) is 15.2 Å². The van der Waals surface area contributed by atoms with E-state index in [2.05, 4.69) is 0 Å². The third kappa shape index (κ3) is 3.70. The first-order valence-corrected chi connectivity index (χ1v) is 4.24. The van der Waals surface area contributed by atoms with Crippen LogP contribution in [0.4, 0.5) is 0 Å². The SMILES string of the molecule is C[C@@H](N)COC[C@H]1CCCO1. The van der Waals surface area contributed by atoms with Gasteiger partial charge in [-0.2, -0.15) is 0 Å².